The van der Waals surface area contributed by atoms with E-state index in [2.05, 4.69) is 17.9 Å². The Kier molecular flexibility index (Phi) is 5.30. The van der Waals surface area contributed by atoms with E-state index in [1.54, 1.807) is 0 Å². The molecular weight excluding hydrogens is 312 g/mol. The van der Waals surface area contributed by atoms with Crippen LogP contribution in [0.1, 0.15) is 53.9 Å². The molecule has 1 atom stereocenters. The number of hydrogen-bond acceptors (Lipinski definition) is 2. The molecule has 0 fully saturated rings. The second-order valence-corrected chi connectivity index (χ2v) is 6.39. The summed E-state index contributed by atoms with van der Waals surface area (Å²) in [6.45, 7) is 0. The van der Waals surface area contributed by atoms with E-state index in [0.29, 0.717) is 19.3 Å². The minimum atomic E-state index is -0.853. The predicted octanol–water partition coefficient (Wildman–Crippen LogP) is 3.94. The van der Waals surface area contributed by atoms with Crippen LogP contribution in [0.3, 0.4) is 0 Å². The molecule has 3 nitrogen and oxygen atoms in total. The molecule has 0 bridgehead atoms. The van der Waals surface area contributed by atoms with E-state index >= 15 is 0 Å². The smallest absolute Gasteiger partial charge is 0.303 e. The van der Waals surface area contributed by atoms with Gasteiger partial charge in [-0.3, -0.25) is 9.59 Å². The van der Waals surface area contributed by atoms with Gasteiger partial charge in [-0.2, -0.15) is 0 Å². The standard InChI is InChI=1S/C22H20O3/c23-20(9-5-11-22(24)25)15-19-14-18-8-2-1-6-16(18)12-13-17-7-3-4-10-21(17)19/h1-4,6-8,10,19H,5,9,11,14-15H2,(H,24,25). The number of carbonyl (C=O) groups is 2. The summed E-state index contributed by atoms with van der Waals surface area (Å²) < 4.78 is 0. The van der Waals surface area contributed by atoms with Crippen molar-refractivity contribution in [2.24, 2.45) is 0 Å². The Morgan fingerprint density at radius 3 is 2.44 bits per heavy atom. The fourth-order valence-corrected chi connectivity index (χ4v) is 3.29. The summed E-state index contributed by atoms with van der Waals surface area (Å²) in [6.07, 6.45) is 1.96. The minimum Gasteiger partial charge on any atom is -0.481 e. The Labute approximate surface area is 147 Å². The summed E-state index contributed by atoms with van der Waals surface area (Å²) in [6, 6.07) is 16.1. The molecule has 2 aromatic rings. The topological polar surface area (TPSA) is 54.4 Å². The van der Waals surface area contributed by atoms with Crippen LogP contribution in [-0.2, 0) is 16.0 Å². The summed E-state index contributed by atoms with van der Waals surface area (Å²) in [5.41, 5.74) is 4.25. The maximum atomic E-state index is 12.4. The van der Waals surface area contributed by atoms with Gasteiger partial charge in [0.05, 0.1) is 0 Å². The number of rotatable bonds is 6. The Morgan fingerprint density at radius 1 is 0.960 bits per heavy atom. The van der Waals surface area contributed by atoms with Crippen molar-refractivity contribution in [3.8, 4) is 11.8 Å². The van der Waals surface area contributed by atoms with Gasteiger partial charge in [-0.15, -0.1) is 0 Å². The van der Waals surface area contributed by atoms with Gasteiger partial charge in [-0.25, -0.2) is 0 Å². The second-order valence-electron chi connectivity index (χ2n) is 6.39. The number of fused-ring (bicyclic) bond motifs is 2. The lowest BCUT2D eigenvalue weighted by atomic mass is 9.82. The molecule has 3 rings (SSSR count). The van der Waals surface area contributed by atoms with Crippen molar-refractivity contribution in [3.63, 3.8) is 0 Å². The summed E-state index contributed by atoms with van der Waals surface area (Å²) in [7, 11) is 0. The zero-order valence-corrected chi connectivity index (χ0v) is 14.0. The maximum absolute atomic E-state index is 12.4. The third-order valence-electron chi connectivity index (χ3n) is 4.54. The molecule has 126 valence electrons. The molecule has 0 spiro atoms. The number of ketones is 1. The van der Waals surface area contributed by atoms with Crippen LogP contribution in [0.2, 0.25) is 0 Å². The summed E-state index contributed by atoms with van der Waals surface area (Å²) in [5, 5.41) is 8.73. The first kappa shape index (κ1) is 17.0. The predicted molar refractivity (Wildman–Crippen MR) is 96.4 cm³/mol. The van der Waals surface area contributed by atoms with Gasteiger partial charge in [0.15, 0.2) is 0 Å². The summed E-state index contributed by atoms with van der Waals surface area (Å²) in [4.78, 5) is 23.0. The van der Waals surface area contributed by atoms with E-state index in [-0.39, 0.29) is 18.1 Å². The molecule has 1 aliphatic carbocycles. The van der Waals surface area contributed by atoms with Gasteiger partial charge in [-0.1, -0.05) is 48.2 Å². The molecule has 0 saturated heterocycles. The van der Waals surface area contributed by atoms with E-state index in [1.165, 1.54) is 0 Å². The van der Waals surface area contributed by atoms with Crippen molar-refractivity contribution >= 4 is 11.8 Å². The van der Waals surface area contributed by atoms with Gasteiger partial charge >= 0.3 is 5.97 Å². The van der Waals surface area contributed by atoms with Crippen LogP contribution < -0.4 is 0 Å². The molecule has 1 N–H and O–H groups in total. The van der Waals surface area contributed by atoms with Gasteiger partial charge in [-0.05, 0) is 42.0 Å². The Balaban J connectivity index is 1.85. The van der Waals surface area contributed by atoms with Crippen molar-refractivity contribution in [1.82, 2.24) is 0 Å². The van der Waals surface area contributed by atoms with Crippen LogP contribution in [0.15, 0.2) is 48.5 Å². The number of hydrogen-bond donors (Lipinski definition) is 1. The van der Waals surface area contributed by atoms with Crippen molar-refractivity contribution in [1.29, 1.82) is 0 Å². The van der Waals surface area contributed by atoms with Crippen LogP contribution in [0.5, 0.6) is 0 Å². The number of carboxylic acids is 1. The maximum Gasteiger partial charge on any atom is 0.303 e. The first-order valence-corrected chi connectivity index (χ1v) is 8.56. The molecule has 1 aliphatic rings. The van der Waals surface area contributed by atoms with Crippen molar-refractivity contribution < 1.29 is 14.7 Å². The minimum absolute atomic E-state index is 0.0430. The zero-order valence-electron chi connectivity index (χ0n) is 14.0. The fourth-order valence-electron chi connectivity index (χ4n) is 3.29. The highest BCUT2D eigenvalue weighted by molar-refractivity contribution is 5.80. The van der Waals surface area contributed by atoms with E-state index in [0.717, 1.165) is 28.7 Å². The Hall–Kier alpha value is -2.86. The largest absolute Gasteiger partial charge is 0.481 e. The summed E-state index contributed by atoms with van der Waals surface area (Å²) >= 11 is 0. The number of carboxylic acid groups (broad SMARTS) is 1. The van der Waals surface area contributed by atoms with Gasteiger partial charge in [0.1, 0.15) is 5.78 Å². The molecule has 3 heteroatoms. The average Bonchev–Trinajstić information content (AvgIpc) is 2.59. The highest BCUT2D eigenvalue weighted by Gasteiger charge is 2.21. The first-order valence-electron chi connectivity index (χ1n) is 8.56. The van der Waals surface area contributed by atoms with E-state index in [1.807, 2.05) is 42.5 Å². The monoisotopic (exact) mass is 332 g/mol. The van der Waals surface area contributed by atoms with Crippen molar-refractivity contribution in [2.75, 3.05) is 0 Å². The van der Waals surface area contributed by atoms with E-state index < -0.39 is 5.97 Å². The molecule has 2 aromatic carbocycles. The van der Waals surface area contributed by atoms with Crippen LogP contribution in [0.4, 0.5) is 0 Å². The third kappa shape index (κ3) is 4.36. The van der Waals surface area contributed by atoms with Gasteiger partial charge < -0.3 is 5.11 Å². The van der Waals surface area contributed by atoms with Gasteiger partial charge in [0, 0.05) is 30.4 Å². The van der Waals surface area contributed by atoms with Crippen molar-refractivity contribution in [3.05, 3.63) is 70.8 Å². The Morgan fingerprint density at radius 2 is 1.64 bits per heavy atom. The van der Waals surface area contributed by atoms with Crippen LogP contribution in [-0.4, -0.2) is 16.9 Å². The number of carbonyl (C=O) groups excluding carboxylic acids is 1. The Bertz CT molecular complexity index is 855. The molecule has 0 amide bonds. The highest BCUT2D eigenvalue weighted by atomic mass is 16.4. The molecule has 0 heterocycles. The second kappa shape index (κ2) is 7.81. The molecule has 0 saturated carbocycles. The number of aliphatic carboxylic acids is 1. The molecular formula is C22H20O3. The number of Topliss-reactive ketones (excluding diaryl/α,β-unsaturated/α-hetero) is 1. The van der Waals surface area contributed by atoms with Crippen LogP contribution in [0.25, 0.3) is 0 Å². The quantitative estimate of drug-likeness (QED) is 0.815. The van der Waals surface area contributed by atoms with E-state index in [9.17, 15) is 9.59 Å². The number of benzene rings is 2. The lowest BCUT2D eigenvalue weighted by Gasteiger charge is -2.21. The molecule has 25 heavy (non-hydrogen) atoms. The third-order valence-corrected chi connectivity index (χ3v) is 4.54. The molecule has 0 radical (unpaired) electrons. The molecule has 0 aliphatic heterocycles. The normalized spacial score (nSPS) is 15.0. The van der Waals surface area contributed by atoms with Gasteiger partial charge in [0.25, 0.3) is 0 Å². The average molecular weight is 332 g/mol. The zero-order chi connectivity index (χ0) is 17.6. The highest BCUT2D eigenvalue weighted by Crippen LogP contribution is 2.30. The van der Waals surface area contributed by atoms with Crippen LogP contribution >= 0.6 is 0 Å². The lowest BCUT2D eigenvalue weighted by Crippen LogP contribution is -2.13. The lowest BCUT2D eigenvalue weighted by molar-refractivity contribution is -0.137. The first-order chi connectivity index (χ1) is 12.1. The molecule has 1 unspecified atom stereocenters. The summed E-state index contributed by atoms with van der Waals surface area (Å²) in [5.74, 6) is 5.82. The SMILES string of the molecule is O=C(O)CCCC(=O)CC1Cc2ccccc2C#Cc2ccccc21. The van der Waals surface area contributed by atoms with Crippen molar-refractivity contribution in [2.45, 2.75) is 38.0 Å². The van der Waals surface area contributed by atoms with E-state index in [4.69, 9.17) is 5.11 Å². The molecule has 0 aromatic heterocycles. The van der Waals surface area contributed by atoms with Crippen LogP contribution in [0, 0.1) is 11.8 Å². The fraction of sp³-hybridized carbons (Fsp3) is 0.273. The van der Waals surface area contributed by atoms with Gasteiger partial charge in [0.2, 0.25) is 0 Å².